The molecule has 0 fully saturated rings. The molecular formula is C12H13N5O2. The van der Waals surface area contributed by atoms with Gasteiger partial charge in [0, 0.05) is 6.54 Å². The van der Waals surface area contributed by atoms with E-state index in [0.717, 1.165) is 0 Å². The largest absolute Gasteiger partial charge is 0.467 e. The van der Waals surface area contributed by atoms with Gasteiger partial charge in [0.2, 0.25) is 0 Å². The monoisotopic (exact) mass is 259 g/mol. The van der Waals surface area contributed by atoms with Crippen LogP contribution in [0, 0.1) is 11.3 Å². The number of hydrogen-bond donors (Lipinski definition) is 2. The molecule has 0 atom stereocenters. The van der Waals surface area contributed by atoms with Crippen LogP contribution in [0.5, 0.6) is 0 Å². The Hall–Kier alpha value is -2.75. The van der Waals surface area contributed by atoms with E-state index in [0.29, 0.717) is 12.3 Å². The van der Waals surface area contributed by atoms with E-state index in [1.165, 1.54) is 17.4 Å². The van der Waals surface area contributed by atoms with E-state index in [-0.39, 0.29) is 30.3 Å². The summed E-state index contributed by atoms with van der Waals surface area (Å²) in [7, 11) is 0. The van der Waals surface area contributed by atoms with E-state index in [9.17, 15) is 4.79 Å². The molecule has 0 saturated carbocycles. The van der Waals surface area contributed by atoms with Gasteiger partial charge in [-0.05, 0) is 12.1 Å². The van der Waals surface area contributed by atoms with E-state index >= 15 is 0 Å². The summed E-state index contributed by atoms with van der Waals surface area (Å²) in [5.41, 5.74) is 6.16. The molecule has 2 rings (SSSR count). The van der Waals surface area contributed by atoms with Gasteiger partial charge in [-0.3, -0.25) is 9.89 Å². The Balaban J connectivity index is 2.15. The number of aromatic nitrogens is 2. The van der Waals surface area contributed by atoms with Crippen LogP contribution in [0.3, 0.4) is 0 Å². The SMILES string of the molecule is N#CCCN(Cc1ccco1)C(=O)c1[nH]ncc1N. The molecule has 0 aliphatic heterocycles. The predicted molar refractivity (Wildman–Crippen MR) is 66.7 cm³/mol. The molecule has 1 amide bonds. The second kappa shape index (κ2) is 5.73. The molecule has 2 aromatic heterocycles. The van der Waals surface area contributed by atoms with Gasteiger partial charge in [-0.1, -0.05) is 0 Å². The summed E-state index contributed by atoms with van der Waals surface area (Å²) in [6, 6.07) is 5.52. The zero-order chi connectivity index (χ0) is 13.7. The second-order valence-corrected chi connectivity index (χ2v) is 3.91. The molecule has 0 aliphatic rings. The van der Waals surface area contributed by atoms with Gasteiger partial charge >= 0.3 is 0 Å². The first-order valence-electron chi connectivity index (χ1n) is 5.70. The zero-order valence-electron chi connectivity index (χ0n) is 10.2. The van der Waals surface area contributed by atoms with Crippen molar-refractivity contribution in [2.75, 3.05) is 12.3 Å². The lowest BCUT2D eigenvalue weighted by Gasteiger charge is -2.19. The topological polar surface area (TPSA) is 112 Å². The highest BCUT2D eigenvalue weighted by Crippen LogP contribution is 2.13. The molecular weight excluding hydrogens is 246 g/mol. The average molecular weight is 259 g/mol. The average Bonchev–Trinajstić information content (AvgIpc) is 3.05. The second-order valence-electron chi connectivity index (χ2n) is 3.91. The van der Waals surface area contributed by atoms with Crippen molar-refractivity contribution in [2.24, 2.45) is 0 Å². The van der Waals surface area contributed by atoms with Gasteiger partial charge in [-0.25, -0.2) is 0 Å². The number of nitrogens with zero attached hydrogens (tertiary/aromatic N) is 3. The van der Waals surface area contributed by atoms with Crippen molar-refractivity contribution in [1.29, 1.82) is 5.26 Å². The fraction of sp³-hybridized carbons (Fsp3) is 0.250. The van der Waals surface area contributed by atoms with Crippen LogP contribution in [0.2, 0.25) is 0 Å². The van der Waals surface area contributed by atoms with E-state index < -0.39 is 0 Å². The normalized spacial score (nSPS) is 10.1. The summed E-state index contributed by atoms with van der Waals surface area (Å²) in [4.78, 5) is 13.8. The molecule has 7 heteroatoms. The summed E-state index contributed by atoms with van der Waals surface area (Å²) < 4.78 is 5.21. The number of carbonyl (C=O) groups is 1. The van der Waals surface area contributed by atoms with Crippen molar-refractivity contribution in [2.45, 2.75) is 13.0 Å². The van der Waals surface area contributed by atoms with Crippen LogP contribution in [-0.2, 0) is 6.54 Å². The minimum Gasteiger partial charge on any atom is -0.467 e. The Morgan fingerprint density at radius 2 is 2.47 bits per heavy atom. The quantitative estimate of drug-likeness (QED) is 0.836. The molecule has 3 N–H and O–H groups in total. The van der Waals surface area contributed by atoms with Crippen LogP contribution in [0.1, 0.15) is 22.7 Å². The summed E-state index contributed by atoms with van der Waals surface area (Å²) >= 11 is 0. The predicted octanol–water partition coefficient (Wildman–Crippen LogP) is 1.14. The minimum absolute atomic E-state index is 0.226. The molecule has 0 aromatic carbocycles. The third-order valence-electron chi connectivity index (χ3n) is 2.59. The molecule has 98 valence electrons. The lowest BCUT2D eigenvalue weighted by molar-refractivity contribution is 0.0730. The van der Waals surface area contributed by atoms with Gasteiger partial charge in [0.15, 0.2) is 0 Å². The highest BCUT2D eigenvalue weighted by molar-refractivity contribution is 5.96. The van der Waals surface area contributed by atoms with Gasteiger partial charge in [-0.15, -0.1) is 0 Å². The number of carbonyl (C=O) groups excluding carboxylic acids is 1. The Labute approximate surface area is 109 Å². The molecule has 0 aliphatic carbocycles. The molecule has 19 heavy (non-hydrogen) atoms. The van der Waals surface area contributed by atoms with Crippen molar-refractivity contribution in [3.63, 3.8) is 0 Å². The van der Waals surface area contributed by atoms with Crippen molar-refractivity contribution < 1.29 is 9.21 Å². The highest BCUT2D eigenvalue weighted by atomic mass is 16.3. The standard InChI is InChI=1S/C12H13N5O2/c13-4-2-5-17(8-9-3-1-6-19-9)12(18)11-10(14)7-15-16-11/h1,3,6-7H,2,5,8,14H2,(H,15,16). The van der Waals surface area contributed by atoms with Crippen molar-refractivity contribution in [1.82, 2.24) is 15.1 Å². The zero-order valence-corrected chi connectivity index (χ0v) is 10.2. The van der Waals surface area contributed by atoms with Crippen LogP contribution < -0.4 is 5.73 Å². The smallest absolute Gasteiger partial charge is 0.274 e. The number of nitrogens with one attached hydrogen (secondary N) is 1. The molecule has 0 bridgehead atoms. The maximum absolute atomic E-state index is 12.3. The Kier molecular flexibility index (Phi) is 3.83. The Morgan fingerprint density at radius 3 is 3.05 bits per heavy atom. The third kappa shape index (κ3) is 2.93. The fourth-order valence-corrected chi connectivity index (χ4v) is 1.65. The molecule has 2 aromatic rings. The fourth-order valence-electron chi connectivity index (χ4n) is 1.65. The van der Waals surface area contributed by atoms with Crippen LogP contribution in [0.25, 0.3) is 0 Å². The van der Waals surface area contributed by atoms with E-state index in [4.69, 9.17) is 15.4 Å². The van der Waals surface area contributed by atoms with E-state index in [1.54, 1.807) is 12.1 Å². The molecule has 7 nitrogen and oxygen atoms in total. The van der Waals surface area contributed by atoms with Crippen molar-refractivity contribution in [3.8, 4) is 6.07 Å². The summed E-state index contributed by atoms with van der Waals surface area (Å²) in [5.74, 6) is 0.339. The van der Waals surface area contributed by atoms with E-state index in [1.807, 2.05) is 6.07 Å². The van der Waals surface area contributed by atoms with E-state index in [2.05, 4.69) is 10.2 Å². The first kappa shape index (κ1) is 12.7. The number of nitrogen functional groups attached to an aromatic ring is 1. The summed E-state index contributed by atoms with van der Waals surface area (Å²) in [6.45, 7) is 0.584. The van der Waals surface area contributed by atoms with Crippen LogP contribution >= 0.6 is 0 Å². The number of rotatable bonds is 5. The third-order valence-corrected chi connectivity index (χ3v) is 2.59. The lowest BCUT2D eigenvalue weighted by Crippen LogP contribution is -2.32. The molecule has 0 saturated heterocycles. The van der Waals surface area contributed by atoms with Crippen LogP contribution in [0.15, 0.2) is 29.0 Å². The van der Waals surface area contributed by atoms with Crippen LogP contribution in [0.4, 0.5) is 5.69 Å². The van der Waals surface area contributed by atoms with Gasteiger partial charge < -0.3 is 15.1 Å². The van der Waals surface area contributed by atoms with Gasteiger partial charge in [0.05, 0.1) is 37.2 Å². The summed E-state index contributed by atoms with van der Waals surface area (Å²) in [5, 5.41) is 14.9. The number of anilines is 1. The van der Waals surface area contributed by atoms with Crippen LogP contribution in [-0.4, -0.2) is 27.5 Å². The molecule has 2 heterocycles. The van der Waals surface area contributed by atoms with Gasteiger partial charge in [0.1, 0.15) is 11.5 Å². The minimum atomic E-state index is -0.304. The molecule has 0 spiro atoms. The maximum Gasteiger partial charge on any atom is 0.274 e. The van der Waals surface area contributed by atoms with Crippen molar-refractivity contribution >= 4 is 11.6 Å². The lowest BCUT2D eigenvalue weighted by atomic mass is 10.3. The molecule has 0 unspecified atom stereocenters. The number of H-pyrrole nitrogens is 1. The highest BCUT2D eigenvalue weighted by Gasteiger charge is 2.20. The number of nitrogens with two attached hydrogens (primary N) is 1. The Morgan fingerprint density at radius 1 is 1.63 bits per heavy atom. The Bertz CT molecular complexity index is 582. The van der Waals surface area contributed by atoms with Gasteiger partial charge in [0.25, 0.3) is 5.91 Å². The first-order chi connectivity index (χ1) is 9.22. The molecule has 0 radical (unpaired) electrons. The van der Waals surface area contributed by atoms with Gasteiger partial charge in [-0.2, -0.15) is 10.4 Å². The number of amides is 1. The number of aromatic amines is 1. The number of furan rings is 1. The summed E-state index contributed by atoms with van der Waals surface area (Å²) in [6.07, 6.45) is 3.15. The maximum atomic E-state index is 12.3. The number of nitriles is 1. The first-order valence-corrected chi connectivity index (χ1v) is 5.70. The number of hydrogen-bond acceptors (Lipinski definition) is 5. The van der Waals surface area contributed by atoms with Crippen molar-refractivity contribution in [3.05, 3.63) is 36.0 Å².